The van der Waals surface area contributed by atoms with Crippen LogP contribution in [0.2, 0.25) is 5.15 Å². The van der Waals surface area contributed by atoms with Gasteiger partial charge in [-0.1, -0.05) is 35.5 Å². The van der Waals surface area contributed by atoms with Crippen LogP contribution >= 0.6 is 23.4 Å². The first kappa shape index (κ1) is 16.5. The summed E-state index contributed by atoms with van der Waals surface area (Å²) >= 11 is 7.87. The van der Waals surface area contributed by atoms with Gasteiger partial charge in [-0.2, -0.15) is 0 Å². The van der Waals surface area contributed by atoms with Crippen molar-refractivity contribution in [2.75, 3.05) is 5.75 Å². The molecular formula is C15H20ClN5O2S. The topological polar surface area (TPSA) is 75.0 Å². The zero-order valence-electron chi connectivity index (χ0n) is 13.9. The highest BCUT2D eigenvalue weighted by atomic mass is 35.5. The lowest BCUT2D eigenvalue weighted by Crippen LogP contribution is -2.28. The van der Waals surface area contributed by atoms with Crippen molar-refractivity contribution in [3.63, 3.8) is 0 Å². The molecule has 9 heteroatoms. The summed E-state index contributed by atoms with van der Waals surface area (Å²) in [6, 6.07) is 0.0526. The van der Waals surface area contributed by atoms with Gasteiger partial charge in [0.25, 0.3) is 0 Å². The van der Waals surface area contributed by atoms with Crippen molar-refractivity contribution in [1.82, 2.24) is 25.0 Å². The van der Waals surface area contributed by atoms with Gasteiger partial charge >= 0.3 is 0 Å². The van der Waals surface area contributed by atoms with Crippen LogP contribution in [0.15, 0.2) is 5.16 Å². The Kier molecular flexibility index (Phi) is 4.19. The van der Waals surface area contributed by atoms with Crippen LogP contribution in [0.5, 0.6) is 0 Å². The molecule has 2 aromatic heterocycles. The van der Waals surface area contributed by atoms with Crippen LogP contribution in [0.3, 0.4) is 0 Å². The third-order valence-corrected chi connectivity index (χ3v) is 5.67. The highest BCUT2D eigenvalue weighted by Crippen LogP contribution is 2.44. The van der Waals surface area contributed by atoms with Crippen molar-refractivity contribution in [2.45, 2.75) is 69.2 Å². The van der Waals surface area contributed by atoms with Gasteiger partial charge in [-0.25, -0.2) is 14.6 Å². The molecular weight excluding hydrogens is 350 g/mol. The van der Waals surface area contributed by atoms with E-state index in [1.165, 1.54) is 0 Å². The molecule has 0 unspecified atom stereocenters. The van der Waals surface area contributed by atoms with E-state index in [1.54, 1.807) is 11.8 Å². The molecule has 1 aliphatic carbocycles. The first-order valence-electron chi connectivity index (χ1n) is 8.25. The zero-order valence-corrected chi connectivity index (χ0v) is 15.5. The molecule has 0 radical (unpaired) electrons. The van der Waals surface area contributed by atoms with Gasteiger partial charge in [0.15, 0.2) is 27.3 Å². The van der Waals surface area contributed by atoms with Gasteiger partial charge in [-0.15, -0.1) is 5.10 Å². The van der Waals surface area contributed by atoms with E-state index in [0.29, 0.717) is 21.5 Å². The minimum Gasteiger partial charge on any atom is -0.344 e. The minimum atomic E-state index is -0.556. The summed E-state index contributed by atoms with van der Waals surface area (Å²) in [7, 11) is 0. The quantitative estimate of drug-likeness (QED) is 0.465. The predicted octanol–water partition coefficient (Wildman–Crippen LogP) is 3.23. The van der Waals surface area contributed by atoms with Crippen LogP contribution in [0.4, 0.5) is 0 Å². The Labute approximate surface area is 149 Å². The molecule has 24 heavy (non-hydrogen) atoms. The minimum absolute atomic E-state index is 0.0367. The monoisotopic (exact) mass is 369 g/mol. The van der Waals surface area contributed by atoms with Crippen LogP contribution in [-0.2, 0) is 9.47 Å². The van der Waals surface area contributed by atoms with E-state index >= 15 is 0 Å². The van der Waals surface area contributed by atoms with Crippen LogP contribution in [0.1, 0.15) is 46.1 Å². The molecule has 3 heterocycles. The molecule has 0 spiro atoms. The van der Waals surface area contributed by atoms with Gasteiger partial charge in [0.2, 0.25) is 0 Å². The zero-order chi connectivity index (χ0) is 16.9. The fourth-order valence-electron chi connectivity index (χ4n) is 3.43. The molecule has 3 atom stereocenters. The summed E-state index contributed by atoms with van der Waals surface area (Å²) in [6.45, 7) is 6.01. The number of rotatable bonds is 4. The van der Waals surface area contributed by atoms with Crippen molar-refractivity contribution < 1.29 is 9.47 Å². The van der Waals surface area contributed by atoms with Gasteiger partial charge < -0.3 is 9.47 Å². The highest BCUT2D eigenvalue weighted by Gasteiger charge is 2.50. The number of halogens is 1. The molecule has 2 aliphatic rings. The van der Waals surface area contributed by atoms with Crippen molar-refractivity contribution in [3.8, 4) is 0 Å². The fourth-order valence-corrected chi connectivity index (χ4v) is 4.38. The molecule has 1 saturated heterocycles. The third kappa shape index (κ3) is 2.79. The Bertz CT molecular complexity index is 768. The average Bonchev–Trinajstić information content (AvgIpc) is 3.17. The Morgan fingerprint density at radius 3 is 2.92 bits per heavy atom. The second kappa shape index (κ2) is 6.09. The second-order valence-electron chi connectivity index (χ2n) is 6.63. The van der Waals surface area contributed by atoms with Crippen molar-refractivity contribution in [1.29, 1.82) is 0 Å². The van der Waals surface area contributed by atoms with E-state index in [2.05, 4.69) is 27.2 Å². The number of nitrogens with zero attached hydrogens (tertiary/aromatic N) is 5. The predicted molar refractivity (Wildman–Crippen MR) is 91.2 cm³/mol. The molecule has 1 saturated carbocycles. The molecule has 130 valence electrons. The first-order valence-corrected chi connectivity index (χ1v) is 9.62. The molecule has 0 aromatic carbocycles. The lowest BCUT2D eigenvalue weighted by molar-refractivity contribution is -0.155. The number of aromatic nitrogens is 5. The maximum atomic E-state index is 6.28. The summed E-state index contributed by atoms with van der Waals surface area (Å²) in [5, 5.41) is 9.50. The van der Waals surface area contributed by atoms with Gasteiger partial charge in [0, 0.05) is 5.75 Å². The number of hydrogen-bond donors (Lipinski definition) is 0. The Morgan fingerprint density at radius 1 is 1.29 bits per heavy atom. The Morgan fingerprint density at radius 2 is 2.12 bits per heavy atom. The van der Waals surface area contributed by atoms with E-state index in [0.717, 1.165) is 25.0 Å². The van der Waals surface area contributed by atoms with E-state index in [9.17, 15) is 0 Å². The number of ether oxygens (including phenoxy) is 2. The van der Waals surface area contributed by atoms with Crippen LogP contribution in [0, 0.1) is 0 Å². The lowest BCUT2D eigenvalue weighted by Gasteiger charge is -2.21. The standard InChI is InChI=1S/C15H20ClN5O2S/c1-4-7-24-14-17-12(16)10-13(18-14)21(20-19-10)8-5-6-9-11(8)23-15(2,3)22-9/h8-9,11H,4-7H2,1-3H3/t8-,9-,11+/m1/s1. The van der Waals surface area contributed by atoms with Crippen LogP contribution in [-0.4, -0.2) is 48.7 Å². The third-order valence-electron chi connectivity index (χ3n) is 4.36. The van der Waals surface area contributed by atoms with E-state index in [4.69, 9.17) is 21.1 Å². The van der Waals surface area contributed by atoms with E-state index in [1.807, 2.05) is 18.5 Å². The molecule has 7 nitrogen and oxygen atoms in total. The smallest absolute Gasteiger partial charge is 0.191 e. The summed E-state index contributed by atoms with van der Waals surface area (Å²) in [5.74, 6) is 0.391. The molecule has 0 N–H and O–H groups in total. The van der Waals surface area contributed by atoms with Gasteiger partial charge in [-0.05, 0) is 33.1 Å². The maximum absolute atomic E-state index is 6.28. The number of thioether (sulfide) groups is 1. The number of fused-ring (bicyclic) bond motifs is 2. The fraction of sp³-hybridized carbons (Fsp3) is 0.733. The van der Waals surface area contributed by atoms with Crippen molar-refractivity contribution >= 4 is 34.5 Å². The Hall–Kier alpha value is -0.960. The normalized spacial score (nSPS) is 28.6. The van der Waals surface area contributed by atoms with E-state index < -0.39 is 5.79 Å². The van der Waals surface area contributed by atoms with Crippen LogP contribution < -0.4 is 0 Å². The first-order chi connectivity index (χ1) is 11.5. The van der Waals surface area contributed by atoms with Gasteiger partial charge in [0.05, 0.1) is 12.1 Å². The summed E-state index contributed by atoms with van der Waals surface area (Å²) in [4.78, 5) is 8.95. The summed E-state index contributed by atoms with van der Waals surface area (Å²) in [6.07, 6.45) is 2.97. The average molecular weight is 370 g/mol. The van der Waals surface area contributed by atoms with Gasteiger partial charge in [-0.3, -0.25) is 0 Å². The largest absolute Gasteiger partial charge is 0.344 e. The molecule has 1 aliphatic heterocycles. The van der Waals surface area contributed by atoms with Crippen LogP contribution in [0.25, 0.3) is 11.2 Å². The molecule has 2 fully saturated rings. The van der Waals surface area contributed by atoms with Gasteiger partial charge in [0.1, 0.15) is 6.10 Å². The molecule has 0 amide bonds. The lowest BCUT2D eigenvalue weighted by atomic mass is 10.2. The van der Waals surface area contributed by atoms with E-state index in [-0.39, 0.29) is 18.2 Å². The van der Waals surface area contributed by atoms with Crippen molar-refractivity contribution in [3.05, 3.63) is 5.15 Å². The highest BCUT2D eigenvalue weighted by molar-refractivity contribution is 7.99. The summed E-state index contributed by atoms with van der Waals surface area (Å²) < 4.78 is 13.9. The Balaban J connectivity index is 1.70. The maximum Gasteiger partial charge on any atom is 0.191 e. The SMILES string of the molecule is CCCSc1nc(Cl)c2nnn([C@@H]3CC[C@H]4OC(C)(C)O[C@@H]34)c2n1. The summed E-state index contributed by atoms with van der Waals surface area (Å²) in [5.41, 5.74) is 1.21. The molecule has 2 aromatic rings. The van der Waals surface area contributed by atoms with Crippen molar-refractivity contribution in [2.24, 2.45) is 0 Å². The molecule has 4 rings (SSSR count). The number of hydrogen-bond acceptors (Lipinski definition) is 7. The second-order valence-corrected chi connectivity index (χ2v) is 8.06. The molecule has 0 bridgehead atoms.